The van der Waals surface area contributed by atoms with Crippen molar-refractivity contribution in [1.82, 2.24) is 10.6 Å². The number of aliphatic hydroxyl groups is 1. The van der Waals surface area contributed by atoms with Gasteiger partial charge in [-0.25, -0.2) is 0 Å². The number of aliphatic hydroxyl groups excluding tert-OH is 1. The highest BCUT2D eigenvalue weighted by Crippen LogP contribution is 2.03. The molecular weight excluding hydrogens is 272 g/mol. The number of hydrogen-bond acceptors (Lipinski definition) is 4. The van der Waals surface area contributed by atoms with Gasteiger partial charge in [0.05, 0.1) is 19.3 Å². The van der Waals surface area contributed by atoms with Crippen LogP contribution >= 0.6 is 0 Å². The van der Waals surface area contributed by atoms with Crippen molar-refractivity contribution in [2.45, 2.75) is 19.4 Å². The summed E-state index contributed by atoms with van der Waals surface area (Å²) in [7, 11) is 1.50. The molecule has 0 spiro atoms. The van der Waals surface area contributed by atoms with E-state index in [1.807, 2.05) is 13.0 Å². The molecule has 0 saturated carbocycles. The lowest BCUT2D eigenvalue weighted by atomic mass is 10.1. The van der Waals surface area contributed by atoms with Crippen molar-refractivity contribution in [2.75, 3.05) is 26.8 Å². The van der Waals surface area contributed by atoms with E-state index >= 15 is 0 Å². The Hall–Kier alpha value is -1.92. The zero-order valence-corrected chi connectivity index (χ0v) is 12.4. The van der Waals surface area contributed by atoms with Crippen LogP contribution in [-0.2, 0) is 9.53 Å². The Labute approximate surface area is 124 Å². The SMILES string of the molecule is COCC(O)CCNC(=O)CNC(=O)c1cccc(C)c1. The van der Waals surface area contributed by atoms with Crippen molar-refractivity contribution in [3.05, 3.63) is 35.4 Å². The summed E-state index contributed by atoms with van der Waals surface area (Å²) in [6.07, 6.45) is -0.192. The summed E-state index contributed by atoms with van der Waals surface area (Å²) in [5, 5.41) is 14.6. The van der Waals surface area contributed by atoms with E-state index in [0.29, 0.717) is 18.5 Å². The van der Waals surface area contributed by atoms with Gasteiger partial charge < -0.3 is 20.5 Å². The molecule has 0 radical (unpaired) electrons. The van der Waals surface area contributed by atoms with Gasteiger partial charge in [0.25, 0.3) is 5.91 Å². The molecule has 6 heteroatoms. The van der Waals surface area contributed by atoms with Gasteiger partial charge in [-0.3, -0.25) is 9.59 Å². The summed E-state index contributed by atoms with van der Waals surface area (Å²) in [5.41, 5.74) is 1.51. The molecule has 1 aromatic carbocycles. The maximum absolute atomic E-state index is 11.8. The Morgan fingerprint density at radius 1 is 1.33 bits per heavy atom. The summed E-state index contributed by atoms with van der Waals surface area (Å²) >= 11 is 0. The van der Waals surface area contributed by atoms with Crippen LogP contribution in [0.3, 0.4) is 0 Å². The van der Waals surface area contributed by atoms with Gasteiger partial charge in [-0.1, -0.05) is 17.7 Å². The number of carbonyl (C=O) groups is 2. The molecule has 1 aromatic rings. The van der Waals surface area contributed by atoms with E-state index in [1.54, 1.807) is 18.2 Å². The van der Waals surface area contributed by atoms with E-state index in [4.69, 9.17) is 4.74 Å². The first-order valence-corrected chi connectivity index (χ1v) is 6.81. The summed E-state index contributed by atoms with van der Waals surface area (Å²) in [6, 6.07) is 7.14. The first-order chi connectivity index (χ1) is 10.0. The van der Waals surface area contributed by atoms with Gasteiger partial charge in [0, 0.05) is 19.2 Å². The summed E-state index contributed by atoms with van der Waals surface area (Å²) < 4.78 is 4.78. The average molecular weight is 294 g/mol. The molecule has 116 valence electrons. The van der Waals surface area contributed by atoms with Gasteiger partial charge in [0.1, 0.15) is 0 Å². The Morgan fingerprint density at radius 2 is 2.10 bits per heavy atom. The van der Waals surface area contributed by atoms with E-state index in [0.717, 1.165) is 5.56 Å². The summed E-state index contributed by atoms with van der Waals surface area (Å²) in [5.74, 6) is -0.575. The minimum absolute atomic E-state index is 0.0901. The number of ether oxygens (including phenoxy) is 1. The molecule has 0 saturated heterocycles. The topological polar surface area (TPSA) is 87.7 Å². The molecular formula is C15H22N2O4. The fourth-order valence-electron chi connectivity index (χ4n) is 1.77. The van der Waals surface area contributed by atoms with E-state index in [-0.39, 0.29) is 25.0 Å². The first-order valence-electron chi connectivity index (χ1n) is 6.81. The molecule has 0 heterocycles. The largest absolute Gasteiger partial charge is 0.391 e. The maximum atomic E-state index is 11.8. The highest BCUT2D eigenvalue weighted by Gasteiger charge is 2.08. The first kappa shape index (κ1) is 17.1. The zero-order chi connectivity index (χ0) is 15.7. The third-order valence-electron chi connectivity index (χ3n) is 2.85. The lowest BCUT2D eigenvalue weighted by Gasteiger charge is -2.10. The Balaban J connectivity index is 2.25. The predicted molar refractivity (Wildman–Crippen MR) is 79.0 cm³/mol. The van der Waals surface area contributed by atoms with Crippen molar-refractivity contribution in [2.24, 2.45) is 0 Å². The molecule has 0 fully saturated rings. The molecule has 0 aromatic heterocycles. The van der Waals surface area contributed by atoms with Crippen LogP contribution in [-0.4, -0.2) is 49.8 Å². The zero-order valence-electron chi connectivity index (χ0n) is 12.4. The van der Waals surface area contributed by atoms with Crippen LogP contribution in [0.1, 0.15) is 22.3 Å². The highest BCUT2D eigenvalue weighted by atomic mass is 16.5. The number of nitrogens with one attached hydrogen (secondary N) is 2. The summed E-state index contributed by atoms with van der Waals surface area (Å²) in [6.45, 7) is 2.38. The molecule has 0 aliphatic rings. The standard InChI is InChI=1S/C15H22N2O4/c1-11-4-3-5-12(8-11)15(20)17-9-14(19)16-7-6-13(18)10-21-2/h3-5,8,13,18H,6-7,9-10H2,1-2H3,(H,16,19)(H,17,20). The quantitative estimate of drug-likeness (QED) is 0.641. The molecule has 0 bridgehead atoms. The molecule has 0 aliphatic carbocycles. The fourth-order valence-corrected chi connectivity index (χ4v) is 1.77. The number of rotatable bonds is 8. The van der Waals surface area contributed by atoms with Crippen LogP contribution in [0.2, 0.25) is 0 Å². The second kappa shape index (κ2) is 9.10. The van der Waals surface area contributed by atoms with Crippen molar-refractivity contribution in [3.63, 3.8) is 0 Å². The highest BCUT2D eigenvalue weighted by molar-refractivity contribution is 5.96. The molecule has 6 nitrogen and oxygen atoms in total. The number of hydrogen-bond donors (Lipinski definition) is 3. The monoisotopic (exact) mass is 294 g/mol. The Morgan fingerprint density at radius 3 is 2.76 bits per heavy atom. The van der Waals surface area contributed by atoms with Crippen molar-refractivity contribution in [3.8, 4) is 0 Å². The predicted octanol–water partition coefficient (Wildman–Crippen LogP) is 0.238. The van der Waals surface area contributed by atoms with Crippen LogP contribution < -0.4 is 10.6 Å². The maximum Gasteiger partial charge on any atom is 0.251 e. The number of benzene rings is 1. The van der Waals surface area contributed by atoms with E-state index in [1.165, 1.54) is 7.11 Å². The lowest BCUT2D eigenvalue weighted by Crippen LogP contribution is -2.38. The van der Waals surface area contributed by atoms with Gasteiger partial charge in [0.2, 0.25) is 5.91 Å². The van der Waals surface area contributed by atoms with Crippen LogP contribution in [0.25, 0.3) is 0 Å². The van der Waals surface area contributed by atoms with Crippen molar-refractivity contribution >= 4 is 11.8 Å². The molecule has 1 rings (SSSR count). The number of amides is 2. The minimum atomic E-state index is -0.600. The van der Waals surface area contributed by atoms with E-state index < -0.39 is 6.10 Å². The second-order valence-corrected chi connectivity index (χ2v) is 4.80. The van der Waals surface area contributed by atoms with Crippen LogP contribution in [0.5, 0.6) is 0 Å². The van der Waals surface area contributed by atoms with Crippen LogP contribution in [0, 0.1) is 6.92 Å². The average Bonchev–Trinajstić information content (AvgIpc) is 2.45. The molecule has 21 heavy (non-hydrogen) atoms. The molecule has 3 N–H and O–H groups in total. The van der Waals surface area contributed by atoms with Crippen molar-refractivity contribution in [1.29, 1.82) is 0 Å². The third-order valence-corrected chi connectivity index (χ3v) is 2.85. The Kier molecular flexibility index (Phi) is 7.42. The lowest BCUT2D eigenvalue weighted by molar-refractivity contribution is -0.120. The van der Waals surface area contributed by atoms with Crippen LogP contribution in [0.4, 0.5) is 0 Å². The molecule has 0 aliphatic heterocycles. The smallest absolute Gasteiger partial charge is 0.251 e. The van der Waals surface area contributed by atoms with Gasteiger partial charge in [-0.2, -0.15) is 0 Å². The van der Waals surface area contributed by atoms with E-state index in [2.05, 4.69) is 10.6 Å². The van der Waals surface area contributed by atoms with Crippen LogP contribution in [0.15, 0.2) is 24.3 Å². The summed E-state index contributed by atoms with van der Waals surface area (Å²) in [4.78, 5) is 23.4. The number of carbonyl (C=O) groups excluding carboxylic acids is 2. The van der Waals surface area contributed by atoms with Gasteiger partial charge >= 0.3 is 0 Å². The third kappa shape index (κ3) is 6.87. The van der Waals surface area contributed by atoms with E-state index in [9.17, 15) is 14.7 Å². The Bertz CT molecular complexity index is 476. The minimum Gasteiger partial charge on any atom is -0.391 e. The molecule has 1 unspecified atom stereocenters. The number of aryl methyl sites for hydroxylation is 1. The normalized spacial score (nSPS) is 11.8. The van der Waals surface area contributed by atoms with Crippen molar-refractivity contribution < 1.29 is 19.4 Å². The number of methoxy groups -OCH3 is 1. The van der Waals surface area contributed by atoms with Gasteiger partial charge in [-0.15, -0.1) is 0 Å². The fraction of sp³-hybridized carbons (Fsp3) is 0.467. The second-order valence-electron chi connectivity index (χ2n) is 4.80. The molecule has 2 amide bonds. The van der Waals surface area contributed by atoms with Gasteiger partial charge in [-0.05, 0) is 25.5 Å². The molecule has 1 atom stereocenters. The van der Waals surface area contributed by atoms with Gasteiger partial charge in [0.15, 0.2) is 0 Å².